The van der Waals surface area contributed by atoms with Crippen LogP contribution in [0.25, 0.3) is 10.9 Å². The number of piperidine rings is 1. The number of anilines is 3. The summed E-state index contributed by atoms with van der Waals surface area (Å²) >= 11 is 0. The largest absolute Gasteiger partial charge is 0.489 e. The number of carbonyl (C=O) groups is 3. The molecule has 19 nitrogen and oxygen atoms in total. The Kier molecular flexibility index (Phi) is 15.2. The quantitative estimate of drug-likeness (QED) is 0.0769. The van der Waals surface area contributed by atoms with E-state index in [-0.39, 0.29) is 59.4 Å². The number of fused-ring (bicyclic) bond motifs is 2. The first-order valence-corrected chi connectivity index (χ1v) is 27.4. The summed E-state index contributed by atoms with van der Waals surface area (Å²) in [6, 6.07) is 9.21. The summed E-state index contributed by atoms with van der Waals surface area (Å²) in [7, 11) is -2.17. The third-order valence-electron chi connectivity index (χ3n) is 15.3. The smallest absolute Gasteiger partial charge is 0.246 e. The number of hydrogen-bond donors (Lipinski definition) is 5. The summed E-state index contributed by atoms with van der Waals surface area (Å²) in [6.07, 6.45) is 12.6. The Hall–Kier alpha value is -6.41. The van der Waals surface area contributed by atoms with E-state index in [0.717, 1.165) is 68.2 Å². The summed E-state index contributed by atoms with van der Waals surface area (Å²) in [5, 5.41) is 20.5. The zero-order valence-corrected chi connectivity index (χ0v) is 43.9. The number of aryl methyl sites for hydroxylation is 2. The molecule has 390 valence electrons. The lowest BCUT2D eigenvalue weighted by Gasteiger charge is -2.35. The lowest BCUT2D eigenvalue weighted by Crippen LogP contribution is -2.58. The van der Waals surface area contributed by atoms with E-state index in [1.807, 2.05) is 26.0 Å². The first kappa shape index (κ1) is 51.5. The molecule has 3 aromatic heterocycles. The fourth-order valence-electron chi connectivity index (χ4n) is 10.6. The summed E-state index contributed by atoms with van der Waals surface area (Å²) in [6.45, 7) is 11.9. The Morgan fingerprint density at radius 2 is 1.62 bits per heavy atom. The number of aromatic nitrogens is 6. The topological polar surface area (TPSA) is 239 Å². The molecule has 0 spiro atoms. The molecule has 5 heterocycles. The number of nitrogens with zero attached hydrogens (tertiary/aromatic N) is 7. The van der Waals surface area contributed by atoms with Crippen LogP contribution in [0.2, 0.25) is 0 Å². The van der Waals surface area contributed by atoms with E-state index >= 15 is 0 Å². The summed E-state index contributed by atoms with van der Waals surface area (Å²) in [4.78, 5) is 64.7. The molecule has 0 radical (unpaired) electrons. The van der Waals surface area contributed by atoms with Gasteiger partial charge in [-0.2, -0.15) is 5.10 Å². The molecule has 2 unspecified atom stereocenters. The molecule has 2 aromatic carbocycles. The van der Waals surface area contributed by atoms with Gasteiger partial charge in [-0.15, -0.1) is 0 Å². The average Bonchev–Trinajstić information content (AvgIpc) is 3.96. The van der Waals surface area contributed by atoms with Gasteiger partial charge >= 0.3 is 0 Å². The molecule has 4 aliphatic rings. The van der Waals surface area contributed by atoms with Gasteiger partial charge in [-0.05, 0) is 104 Å². The minimum atomic E-state index is -3.89. The number of ether oxygens (including phenoxy) is 2. The average molecular weight is 1020 g/mol. The third kappa shape index (κ3) is 11.1. The Morgan fingerprint density at radius 3 is 2.32 bits per heavy atom. The highest BCUT2D eigenvalue weighted by Crippen LogP contribution is 2.39. The van der Waals surface area contributed by atoms with Crippen molar-refractivity contribution < 1.29 is 32.3 Å². The SMILES string of the molecule is CNC(C)C(=O)NC(C(=O)N1C[C@@H](Oc2cnc(N3CCC(Oc4cc5ncnc(Nc6n[nH]c(C)c6C)c5cc4S(=O)(=O)C(C)(C)C)CC3)nc2)C[C@H]1C(=O)N[C@@H]1CCCc2ccccc21)C1CCCCC1. The van der Waals surface area contributed by atoms with Gasteiger partial charge in [0.1, 0.15) is 47.1 Å². The second kappa shape index (κ2) is 21.6. The monoisotopic (exact) mass is 1020 g/mol. The first-order valence-electron chi connectivity index (χ1n) is 25.9. The lowest BCUT2D eigenvalue weighted by molar-refractivity contribution is -0.143. The van der Waals surface area contributed by atoms with E-state index < -0.39 is 38.8 Å². The van der Waals surface area contributed by atoms with E-state index in [1.54, 1.807) is 64.2 Å². The van der Waals surface area contributed by atoms with Crippen LogP contribution in [0.15, 0.2) is 60.0 Å². The van der Waals surface area contributed by atoms with Crippen molar-refractivity contribution in [3.8, 4) is 11.5 Å². The van der Waals surface area contributed by atoms with Gasteiger partial charge in [-0.1, -0.05) is 43.5 Å². The second-order valence-electron chi connectivity index (χ2n) is 21.2. The van der Waals surface area contributed by atoms with Gasteiger partial charge in [0, 0.05) is 55.1 Å². The van der Waals surface area contributed by atoms with E-state index in [1.165, 1.54) is 11.9 Å². The fraction of sp³-hybridized carbons (Fsp3) is 0.547. The highest BCUT2D eigenvalue weighted by Gasteiger charge is 2.46. The van der Waals surface area contributed by atoms with Crippen molar-refractivity contribution in [2.24, 2.45) is 5.92 Å². The van der Waals surface area contributed by atoms with Crippen LogP contribution < -0.4 is 35.6 Å². The minimum Gasteiger partial charge on any atom is -0.489 e. The van der Waals surface area contributed by atoms with Crippen LogP contribution in [0.1, 0.15) is 120 Å². The molecule has 5 N–H and O–H groups in total. The van der Waals surface area contributed by atoms with E-state index in [4.69, 9.17) is 9.47 Å². The van der Waals surface area contributed by atoms with Crippen LogP contribution in [-0.2, 0) is 30.6 Å². The number of H-pyrrole nitrogens is 1. The van der Waals surface area contributed by atoms with Gasteiger partial charge in [-0.25, -0.2) is 28.4 Å². The Labute approximate surface area is 427 Å². The molecule has 2 aliphatic heterocycles. The van der Waals surface area contributed by atoms with Crippen molar-refractivity contribution in [1.29, 1.82) is 0 Å². The summed E-state index contributed by atoms with van der Waals surface area (Å²) in [5.74, 6) is 1.35. The van der Waals surface area contributed by atoms with Gasteiger partial charge in [0.25, 0.3) is 0 Å². The number of sulfone groups is 1. The summed E-state index contributed by atoms with van der Waals surface area (Å²) < 4.78 is 40.3. The standard InChI is InChI=1S/C53H70N12O7S/c1-31-32(2)62-63-47(31)61-48-40-25-45(73(69,70)53(4,5)6)44(26-42(40)57-30-58-48)72-36-20-22-64(23-21-36)52-55-27-38(28-56-52)71-37-24-43(50(67)59-41-19-13-17-34-14-11-12-18-39(34)41)65(29-37)51(68)46(35-15-9-8-10-16-35)60-49(66)33(3)54-7/h11-12,14,18,25-28,30,33,35-37,41,43,46,54H,8-10,13,15-17,19-24,29H2,1-7H3,(H,59,67)(H,60,66)(H2,57,58,61,62,63)/t33?,37-,41+,43-,46?/m0/s1. The zero-order valence-electron chi connectivity index (χ0n) is 43.0. The minimum absolute atomic E-state index is 0.0458. The molecular formula is C53H70N12O7S. The van der Waals surface area contributed by atoms with Crippen molar-refractivity contribution >= 4 is 56.0 Å². The molecule has 3 amide bonds. The van der Waals surface area contributed by atoms with Crippen LogP contribution in [0.5, 0.6) is 11.5 Å². The second-order valence-corrected chi connectivity index (χ2v) is 23.8. The maximum absolute atomic E-state index is 14.8. The number of hydrogen-bond acceptors (Lipinski definition) is 15. The number of benzene rings is 2. The molecule has 73 heavy (non-hydrogen) atoms. The third-order valence-corrected chi connectivity index (χ3v) is 17.8. The molecule has 1 saturated carbocycles. The van der Waals surface area contributed by atoms with Crippen molar-refractivity contribution in [3.05, 3.63) is 77.5 Å². The molecule has 5 aromatic rings. The predicted octanol–water partition coefficient (Wildman–Crippen LogP) is 6.34. The molecule has 5 atom stereocenters. The highest BCUT2D eigenvalue weighted by molar-refractivity contribution is 7.92. The number of nitrogens with one attached hydrogen (secondary N) is 5. The van der Waals surface area contributed by atoms with Crippen molar-refractivity contribution in [2.45, 2.75) is 158 Å². The number of likely N-dealkylation sites (N-methyl/N-ethyl adjacent to an activating group) is 1. The summed E-state index contributed by atoms with van der Waals surface area (Å²) in [5.41, 5.74) is 4.67. The van der Waals surface area contributed by atoms with Gasteiger partial charge in [0.2, 0.25) is 23.7 Å². The van der Waals surface area contributed by atoms with Crippen LogP contribution in [0.3, 0.4) is 0 Å². The number of rotatable bonds is 15. The maximum Gasteiger partial charge on any atom is 0.246 e. The Morgan fingerprint density at radius 1 is 0.877 bits per heavy atom. The molecule has 3 fully saturated rings. The number of aromatic amines is 1. The van der Waals surface area contributed by atoms with Crippen LogP contribution in [0.4, 0.5) is 17.6 Å². The first-order chi connectivity index (χ1) is 35.0. The van der Waals surface area contributed by atoms with Crippen molar-refractivity contribution in [3.63, 3.8) is 0 Å². The van der Waals surface area contributed by atoms with E-state index in [2.05, 4.69) is 68.4 Å². The normalized spacial score (nSPS) is 20.8. The van der Waals surface area contributed by atoms with E-state index in [0.29, 0.717) is 60.2 Å². The predicted molar refractivity (Wildman–Crippen MR) is 278 cm³/mol. The van der Waals surface area contributed by atoms with Crippen LogP contribution in [0, 0.1) is 19.8 Å². The van der Waals surface area contributed by atoms with Gasteiger partial charge in [0.05, 0.1) is 41.3 Å². The van der Waals surface area contributed by atoms with Crippen molar-refractivity contribution in [1.82, 2.24) is 51.0 Å². The van der Waals surface area contributed by atoms with Crippen molar-refractivity contribution in [2.75, 3.05) is 36.9 Å². The molecule has 2 saturated heterocycles. The number of amides is 3. The number of carbonyl (C=O) groups excluding carboxylic acids is 3. The van der Waals surface area contributed by atoms with Crippen LogP contribution in [-0.4, -0.2) is 123 Å². The van der Waals surface area contributed by atoms with Gasteiger partial charge < -0.3 is 40.5 Å². The molecular weight excluding hydrogens is 949 g/mol. The van der Waals surface area contributed by atoms with Crippen LogP contribution >= 0.6 is 0 Å². The fourth-order valence-corrected chi connectivity index (χ4v) is 11.9. The van der Waals surface area contributed by atoms with Gasteiger partial charge in [0.15, 0.2) is 21.4 Å². The van der Waals surface area contributed by atoms with E-state index in [9.17, 15) is 22.8 Å². The van der Waals surface area contributed by atoms with Gasteiger partial charge in [-0.3, -0.25) is 19.5 Å². The molecule has 20 heteroatoms. The number of likely N-dealkylation sites (tertiary alicyclic amines) is 1. The molecule has 2 aliphatic carbocycles. The molecule has 9 rings (SSSR count). The maximum atomic E-state index is 14.8. The Balaban J connectivity index is 0.885. The Bertz CT molecular complexity index is 2910. The zero-order chi connectivity index (χ0) is 51.6. The highest BCUT2D eigenvalue weighted by atomic mass is 32.2. The lowest BCUT2D eigenvalue weighted by atomic mass is 9.83. The molecule has 0 bridgehead atoms.